The number of aliphatic imine (C=N–C) groups is 1. The molecule has 0 aromatic carbocycles. The second-order valence-electron chi connectivity index (χ2n) is 4.20. The number of aliphatic hydroxyl groups excluding tert-OH is 1. The minimum atomic E-state index is -0.701. The first kappa shape index (κ1) is 18.2. The van der Waals surface area contributed by atoms with Gasteiger partial charge in [-0.25, -0.2) is 0 Å². The largest absolute Gasteiger partial charge is 0.467 e. The Morgan fingerprint density at radius 2 is 2.21 bits per heavy atom. The van der Waals surface area contributed by atoms with Crippen molar-refractivity contribution in [2.45, 2.75) is 39.3 Å². The molecule has 3 N–H and O–H groups in total. The highest BCUT2D eigenvalue weighted by Gasteiger charge is 2.10. The lowest BCUT2D eigenvalue weighted by molar-refractivity contribution is 0.158. The lowest BCUT2D eigenvalue weighted by atomic mass is 10.2. The predicted octanol–water partition coefficient (Wildman–Crippen LogP) is 2.28. The molecule has 0 spiro atoms. The molecule has 1 heterocycles. The molecule has 0 fully saturated rings. The maximum Gasteiger partial charge on any atom is 0.191 e. The Labute approximate surface area is 131 Å². The van der Waals surface area contributed by atoms with Gasteiger partial charge in [0.05, 0.1) is 12.8 Å². The average Bonchev–Trinajstić information content (AvgIpc) is 2.89. The number of rotatable bonds is 6. The van der Waals surface area contributed by atoms with Gasteiger partial charge in [-0.3, -0.25) is 4.99 Å². The number of furan rings is 1. The molecule has 0 aliphatic rings. The topological polar surface area (TPSA) is 69.8 Å². The van der Waals surface area contributed by atoms with Gasteiger partial charge in [0.2, 0.25) is 0 Å². The molecule has 0 bridgehead atoms. The molecule has 0 radical (unpaired) electrons. The number of guanidine groups is 1. The number of halogens is 1. The van der Waals surface area contributed by atoms with E-state index >= 15 is 0 Å². The van der Waals surface area contributed by atoms with Crippen LogP contribution >= 0.6 is 24.0 Å². The normalized spacial score (nSPS) is 14.4. The summed E-state index contributed by atoms with van der Waals surface area (Å²) in [5, 5.41) is 16.3. The summed E-state index contributed by atoms with van der Waals surface area (Å²) in [7, 11) is 0. The van der Waals surface area contributed by atoms with Crippen LogP contribution < -0.4 is 10.6 Å². The van der Waals surface area contributed by atoms with Crippen molar-refractivity contribution in [1.82, 2.24) is 10.6 Å². The van der Waals surface area contributed by atoms with E-state index in [0.717, 1.165) is 18.9 Å². The van der Waals surface area contributed by atoms with Crippen LogP contribution in [-0.2, 0) is 0 Å². The summed E-state index contributed by atoms with van der Waals surface area (Å²) in [6.45, 7) is 7.28. The smallest absolute Gasteiger partial charge is 0.191 e. The number of aliphatic hydroxyl groups is 1. The molecular weight excluding hydrogens is 357 g/mol. The summed E-state index contributed by atoms with van der Waals surface area (Å²) >= 11 is 0. The lowest BCUT2D eigenvalue weighted by Crippen LogP contribution is -2.42. The summed E-state index contributed by atoms with van der Waals surface area (Å²) < 4.78 is 5.13. The summed E-state index contributed by atoms with van der Waals surface area (Å²) in [5.41, 5.74) is 0. The SMILES string of the molecule is CCNC(=NCC(O)c1ccco1)NC(C)CC.I. The average molecular weight is 381 g/mol. The Hall–Kier alpha value is -0.760. The highest BCUT2D eigenvalue weighted by atomic mass is 127. The van der Waals surface area contributed by atoms with Gasteiger partial charge in [0, 0.05) is 12.6 Å². The van der Waals surface area contributed by atoms with Crippen molar-refractivity contribution in [3.8, 4) is 0 Å². The minimum Gasteiger partial charge on any atom is -0.467 e. The third-order valence-corrected chi connectivity index (χ3v) is 2.63. The molecule has 110 valence electrons. The van der Waals surface area contributed by atoms with Crippen LogP contribution in [0.1, 0.15) is 39.1 Å². The minimum absolute atomic E-state index is 0. The third-order valence-electron chi connectivity index (χ3n) is 2.63. The zero-order valence-corrected chi connectivity index (χ0v) is 14.0. The van der Waals surface area contributed by atoms with Crippen LogP contribution in [-0.4, -0.2) is 30.2 Å². The van der Waals surface area contributed by atoms with Crippen LogP contribution in [0.25, 0.3) is 0 Å². The molecule has 6 heteroatoms. The van der Waals surface area contributed by atoms with Gasteiger partial charge in [0.1, 0.15) is 11.9 Å². The van der Waals surface area contributed by atoms with Crippen LogP contribution in [0.5, 0.6) is 0 Å². The highest BCUT2D eigenvalue weighted by molar-refractivity contribution is 14.0. The third kappa shape index (κ3) is 6.81. The fourth-order valence-corrected chi connectivity index (χ4v) is 1.40. The molecule has 0 aliphatic heterocycles. The molecule has 1 aromatic rings. The first-order chi connectivity index (χ1) is 8.67. The van der Waals surface area contributed by atoms with E-state index in [1.165, 1.54) is 0 Å². The molecule has 0 aliphatic carbocycles. The van der Waals surface area contributed by atoms with E-state index in [4.69, 9.17) is 4.42 Å². The summed E-state index contributed by atoms with van der Waals surface area (Å²) in [4.78, 5) is 4.34. The fourth-order valence-electron chi connectivity index (χ4n) is 1.40. The summed E-state index contributed by atoms with van der Waals surface area (Å²) in [5.74, 6) is 1.26. The van der Waals surface area contributed by atoms with E-state index < -0.39 is 6.10 Å². The second-order valence-corrected chi connectivity index (χ2v) is 4.20. The van der Waals surface area contributed by atoms with Crippen LogP contribution in [0, 0.1) is 0 Å². The Morgan fingerprint density at radius 3 is 2.74 bits per heavy atom. The highest BCUT2D eigenvalue weighted by Crippen LogP contribution is 2.12. The molecule has 0 saturated carbocycles. The second kappa shape index (κ2) is 10.1. The van der Waals surface area contributed by atoms with E-state index in [1.807, 2.05) is 6.92 Å². The molecule has 0 amide bonds. The molecule has 1 rings (SSSR count). The molecule has 0 saturated heterocycles. The van der Waals surface area contributed by atoms with Gasteiger partial charge >= 0.3 is 0 Å². The molecule has 5 nitrogen and oxygen atoms in total. The maximum absolute atomic E-state index is 9.86. The van der Waals surface area contributed by atoms with Crippen molar-refractivity contribution in [3.05, 3.63) is 24.2 Å². The van der Waals surface area contributed by atoms with Gasteiger partial charge in [-0.1, -0.05) is 6.92 Å². The van der Waals surface area contributed by atoms with Crippen LogP contribution in [0.3, 0.4) is 0 Å². The Kier molecular flexibility index (Phi) is 9.68. The van der Waals surface area contributed by atoms with Gasteiger partial charge in [-0.2, -0.15) is 0 Å². The molecule has 1 aromatic heterocycles. The van der Waals surface area contributed by atoms with Crippen molar-refractivity contribution in [2.24, 2.45) is 4.99 Å². The van der Waals surface area contributed by atoms with E-state index in [9.17, 15) is 5.11 Å². The quantitative estimate of drug-likeness (QED) is 0.402. The summed E-state index contributed by atoms with van der Waals surface area (Å²) in [6.07, 6.45) is 1.86. The van der Waals surface area contributed by atoms with Crippen LogP contribution in [0.15, 0.2) is 27.8 Å². The zero-order valence-electron chi connectivity index (χ0n) is 11.7. The van der Waals surface area contributed by atoms with Gasteiger partial charge in [0.25, 0.3) is 0 Å². The van der Waals surface area contributed by atoms with E-state index in [-0.39, 0.29) is 30.5 Å². The Bertz CT molecular complexity index is 355. The van der Waals surface area contributed by atoms with Crippen molar-refractivity contribution in [1.29, 1.82) is 0 Å². The molecule has 2 unspecified atom stereocenters. The van der Waals surface area contributed by atoms with E-state index in [1.54, 1.807) is 18.4 Å². The number of nitrogens with one attached hydrogen (secondary N) is 2. The number of hydrogen-bond donors (Lipinski definition) is 3. The molecular formula is C13H24IN3O2. The Morgan fingerprint density at radius 1 is 1.47 bits per heavy atom. The summed E-state index contributed by atoms with van der Waals surface area (Å²) in [6, 6.07) is 3.85. The first-order valence-corrected chi connectivity index (χ1v) is 6.43. The predicted molar refractivity (Wildman–Crippen MR) is 88.0 cm³/mol. The van der Waals surface area contributed by atoms with Crippen molar-refractivity contribution in [3.63, 3.8) is 0 Å². The fraction of sp³-hybridized carbons (Fsp3) is 0.615. The van der Waals surface area contributed by atoms with E-state index in [2.05, 4.69) is 29.5 Å². The van der Waals surface area contributed by atoms with Crippen molar-refractivity contribution >= 4 is 29.9 Å². The maximum atomic E-state index is 9.86. The van der Waals surface area contributed by atoms with Crippen molar-refractivity contribution < 1.29 is 9.52 Å². The lowest BCUT2D eigenvalue weighted by Gasteiger charge is -2.16. The van der Waals surface area contributed by atoms with Gasteiger partial charge < -0.3 is 20.2 Å². The standard InChI is InChI=1S/C13H23N3O2.HI/c1-4-10(3)16-13(14-5-2)15-9-11(17)12-7-6-8-18-12;/h6-8,10-11,17H,4-5,9H2,1-3H3,(H2,14,15,16);1H. The Balaban J connectivity index is 0.00000324. The molecule has 19 heavy (non-hydrogen) atoms. The first-order valence-electron chi connectivity index (χ1n) is 6.43. The van der Waals surface area contributed by atoms with Crippen molar-refractivity contribution in [2.75, 3.05) is 13.1 Å². The van der Waals surface area contributed by atoms with Crippen LogP contribution in [0.4, 0.5) is 0 Å². The number of hydrogen-bond acceptors (Lipinski definition) is 3. The van der Waals surface area contributed by atoms with Gasteiger partial charge in [0.15, 0.2) is 5.96 Å². The number of nitrogens with zero attached hydrogens (tertiary/aromatic N) is 1. The zero-order chi connectivity index (χ0) is 13.4. The van der Waals surface area contributed by atoms with Crippen LogP contribution in [0.2, 0.25) is 0 Å². The molecule has 2 atom stereocenters. The van der Waals surface area contributed by atoms with Gasteiger partial charge in [-0.05, 0) is 32.4 Å². The van der Waals surface area contributed by atoms with Gasteiger partial charge in [-0.15, -0.1) is 24.0 Å². The van der Waals surface area contributed by atoms with E-state index in [0.29, 0.717) is 11.8 Å². The monoisotopic (exact) mass is 381 g/mol.